The monoisotopic (exact) mass is 277 g/mol. The SMILES string of the molecule is CCS(=O)(=O)[C@H]1C[C@@]1(C=O)NC(=O)OC(C)(C)C. The van der Waals surface area contributed by atoms with Gasteiger partial charge < -0.3 is 14.8 Å². The van der Waals surface area contributed by atoms with Gasteiger partial charge in [0.2, 0.25) is 0 Å². The van der Waals surface area contributed by atoms with Crippen LogP contribution in [0.2, 0.25) is 0 Å². The van der Waals surface area contributed by atoms with Gasteiger partial charge in [-0.3, -0.25) is 0 Å². The number of rotatable bonds is 4. The van der Waals surface area contributed by atoms with Crippen LogP contribution < -0.4 is 5.32 Å². The first-order valence-electron chi connectivity index (χ1n) is 5.75. The van der Waals surface area contributed by atoms with Crippen molar-refractivity contribution in [1.29, 1.82) is 0 Å². The third-order valence-electron chi connectivity index (χ3n) is 2.72. The highest BCUT2D eigenvalue weighted by atomic mass is 32.2. The van der Waals surface area contributed by atoms with Gasteiger partial charge in [0.25, 0.3) is 0 Å². The Kier molecular flexibility index (Phi) is 3.76. The van der Waals surface area contributed by atoms with Gasteiger partial charge in [-0.2, -0.15) is 0 Å². The fraction of sp³-hybridized carbons (Fsp3) is 0.818. The molecule has 0 saturated heterocycles. The van der Waals surface area contributed by atoms with Crippen molar-refractivity contribution in [3.63, 3.8) is 0 Å². The highest BCUT2D eigenvalue weighted by molar-refractivity contribution is 7.92. The molecule has 0 unspecified atom stereocenters. The molecule has 1 aliphatic carbocycles. The summed E-state index contributed by atoms with van der Waals surface area (Å²) in [7, 11) is -3.34. The van der Waals surface area contributed by atoms with Crippen molar-refractivity contribution in [1.82, 2.24) is 5.32 Å². The first-order chi connectivity index (χ1) is 8.06. The van der Waals surface area contributed by atoms with Crippen LogP contribution in [0, 0.1) is 0 Å². The maximum Gasteiger partial charge on any atom is 0.408 e. The Hall–Kier alpha value is -1.11. The van der Waals surface area contributed by atoms with Gasteiger partial charge in [0.1, 0.15) is 17.4 Å². The summed E-state index contributed by atoms with van der Waals surface area (Å²) in [5.74, 6) is -0.0523. The van der Waals surface area contributed by atoms with Gasteiger partial charge in [-0.15, -0.1) is 0 Å². The van der Waals surface area contributed by atoms with E-state index in [1.54, 1.807) is 20.8 Å². The average molecular weight is 277 g/mol. The molecule has 1 fully saturated rings. The lowest BCUT2D eigenvalue weighted by molar-refractivity contribution is -0.110. The number of hydrogen-bond donors (Lipinski definition) is 1. The van der Waals surface area contributed by atoms with E-state index in [1.807, 2.05) is 0 Å². The van der Waals surface area contributed by atoms with E-state index < -0.39 is 32.3 Å². The normalized spacial score (nSPS) is 27.4. The molecule has 6 nitrogen and oxygen atoms in total. The zero-order valence-electron chi connectivity index (χ0n) is 11.0. The maximum atomic E-state index is 11.7. The van der Waals surface area contributed by atoms with E-state index in [9.17, 15) is 18.0 Å². The number of amides is 1. The molecular weight excluding hydrogens is 258 g/mol. The van der Waals surface area contributed by atoms with Crippen LogP contribution >= 0.6 is 0 Å². The molecule has 2 atom stereocenters. The summed E-state index contributed by atoms with van der Waals surface area (Å²) in [5.41, 5.74) is -2.00. The molecule has 1 rings (SSSR count). The zero-order chi connectivity index (χ0) is 14.2. The lowest BCUT2D eigenvalue weighted by Gasteiger charge is -2.21. The van der Waals surface area contributed by atoms with Crippen molar-refractivity contribution in [3.05, 3.63) is 0 Å². The molecule has 0 aromatic rings. The Balaban J connectivity index is 2.72. The van der Waals surface area contributed by atoms with Crippen molar-refractivity contribution in [2.24, 2.45) is 0 Å². The molecule has 0 aromatic heterocycles. The number of aldehydes is 1. The molecule has 1 amide bonds. The fourth-order valence-electron chi connectivity index (χ4n) is 1.68. The number of nitrogens with one attached hydrogen (secondary N) is 1. The third kappa shape index (κ3) is 3.22. The molecule has 18 heavy (non-hydrogen) atoms. The molecule has 1 N–H and O–H groups in total. The summed E-state index contributed by atoms with van der Waals surface area (Å²) in [6, 6.07) is 0. The molecule has 1 aliphatic rings. The van der Waals surface area contributed by atoms with Crippen molar-refractivity contribution >= 4 is 22.2 Å². The van der Waals surface area contributed by atoms with Gasteiger partial charge in [0.15, 0.2) is 9.84 Å². The number of sulfone groups is 1. The lowest BCUT2D eigenvalue weighted by Crippen LogP contribution is -2.45. The maximum absolute atomic E-state index is 11.7. The Morgan fingerprint density at radius 3 is 2.44 bits per heavy atom. The van der Waals surface area contributed by atoms with Crippen molar-refractivity contribution in [3.8, 4) is 0 Å². The van der Waals surface area contributed by atoms with Crippen LogP contribution in [-0.2, 0) is 19.4 Å². The molecule has 1 saturated carbocycles. The van der Waals surface area contributed by atoms with Crippen LogP contribution in [0.1, 0.15) is 34.1 Å². The molecule has 0 aromatic carbocycles. The van der Waals surface area contributed by atoms with Crippen molar-refractivity contribution in [2.45, 2.75) is 50.5 Å². The summed E-state index contributed by atoms with van der Waals surface area (Å²) < 4.78 is 28.3. The van der Waals surface area contributed by atoms with E-state index in [-0.39, 0.29) is 12.2 Å². The van der Waals surface area contributed by atoms with E-state index in [0.717, 1.165) is 0 Å². The van der Waals surface area contributed by atoms with E-state index in [4.69, 9.17) is 4.74 Å². The number of ether oxygens (including phenoxy) is 1. The number of carbonyl (C=O) groups excluding carboxylic acids is 2. The van der Waals surface area contributed by atoms with Crippen LogP contribution in [0.3, 0.4) is 0 Å². The quantitative estimate of drug-likeness (QED) is 0.762. The topological polar surface area (TPSA) is 89.5 Å². The molecule has 0 spiro atoms. The molecule has 104 valence electrons. The predicted octanol–water partition coefficient (Wildman–Crippen LogP) is 0.656. The Morgan fingerprint density at radius 2 is 2.06 bits per heavy atom. The minimum absolute atomic E-state index is 0.0523. The van der Waals surface area contributed by atoms with Crippen molar-refractivity contribution < 1.29 is 22.7 Å². The zero-order valence-corrected chi connectivity index (χ0v) is 11.8. The van der Waals surface area contributed by atoms with Crippen molar-refractivity contribution in [2.75, 3.05) is 5.75 Å². The summed E-state index contributed by atoms with van der Waals surface area (Å²) in [5, 5.41) is 1.52. The third-order valence-corrected chi connectivity index (χ3v) is 4.98. The smallest absolute Gasteiger partial charge is 0.408 e. The predicted molar refractivity (Wildman–Crippen MR) is 66.0 cm³/mol. The molecule has 0 heterocycles. The first kappa shape index (κ1) is 14.9. The summed E-state index contributed by atoms with van der Waals surface area (Å²) >= 11 is 0. The Bertz CT molecular complexity index is 451. The second-order valence-electron chi connectivity index (χ2n) is 5.43. The van der Waals surface area contributed by atoms with E-state index >= 15 is 0 Å². The number of carbonyl (C=O) groups is 2. The van der Waals surface area contributed by atoms with E-state index in [2.05, 4.69) is 5.32 Å². The Morgan fingerprint density at radius 1 is 1.50 bits per heavy atom. The molecular formula is C11H19NO5S. The largest absolute Gasteiger partial charge is 0.444 e. The van der Waals surface area contributed by atoms with Gasteiger partial charge >= 0.3 is 6.09 Å². The minimum atomic E-state index is -3.34. The van der Waals surface area contributed by atoms with Gasteiger partial charge in [0, 0.05) is 5.75 Å². The fourth-order valence-corrected chi connectivity index (χ4v) is 3.36. The number of hydrogen-bond acceptors (Lipinski definition) is 5. The highest BCUT2D eigenvalue weighted by Gasteiger charge is 2.62. The van der Waals surface area contributed by atoms with Crippen LogP contribution in [0.5, 0.6) is 0 Å². The minimum Gasteiger partial charge on any atom is -0.444 e. The molecule has 0 aliphatic heterocycles. The van der Waals surface area contributed by atoms with Gasteiger partial charge in [0.05, 0.1) is 5.25 Å². The Labute approximate surface area is 107 Å². The second-order valence-corrected chi connectivity index (χ2v) is 7.90. The van der Waals surface area contributed by atoms with Gasteiger partial charge in [-0.1, -0.05) is 6.92 Å². The molecule has 0 radical (unpaired) electrons. The lowest BCUT2D eigenvalue weighted by atomic mass is 10.2. The van der Waals surface area contributed by atoms with Gasteiger partial charge in [-0.05, 0) is 27.2 Å². The highest BCUT2D eigenvalue weighted by Crippen LogP contribution is 2.40. The number of alkyl carbamates (subject to hydrolysis) is 1. The van der Waals surface area contributed by atoms with Crippen LogP contribution in [0.15, 0.2) is 0 Å². The van der Waals surface area contributed by atoms with Crippen LogP contribution in [0.25, 0.3) is 0 Å². The summed E-state index contributed by atoms with van der Waals surface area (Å²) in [6.45, 7) is 6.57. The standard InChI is InChI=1S/C11H19NO5S/c1-5-18(15,16)8-6-11(8,7-13)12-9(14)17-10(2,3)4/h7-8H,5-6H2,1-4H3,(H,12,14)/t8-,11-/m0/s1. The molecule has 0 bridgehead atoms. The average Bonchev–Trinajstić information content (AvgIpc) is 2.91. The van der Waals surface area contributed by atoms with Gasteiger partial charge in [-0.25, -0.2) is 13.2 Å². The van der Waals surface area contributed by atoms with Crippen LogP contribution in [0.4, 0.5) is 4.79 Å². The first-order valence-corrected chi connectivity index (χ1v) is 7.47. The van der Waals surface area contributed by atoms with E-state index in [0.29, 0.717) is 6.29 Å². The van der Waals surface area contributed by atoms with E-state index in [1.165, 1.54) is 6.92 Å². The van der Waals surface area contributed by atoms with Crippen LogP contribution in [-0.4, -0.2) is 42.9 Å². The summed E-state index contributed by atoms with van der Waals surface area (Å²) in [4.78, 5) is 22.6. The summed E-state index contributed by atoms with van der Waals surface area (Å²) in [6.07, 6.45) is -0.177. The second kappa shape index (κ2) is 4.53. The molecule has 7 heteroatoms.